The van der Waals surface area contributed by atoms with Gasteiger partial charge in [0.1, 0.15) is 16.2 Å². The lowest BCUT2D eigenvalue weighted by Crippen LogP contribution is -1.98. The van der Waals surface area contributed by atoms with Crippen molar-refractivity contribution in [3.05, 3.63) is 16.8 Å². The molecule has 1 aliphatic rings. The quantitative estimate of drug-likeness (QED) is 0.600. The number of thioether (sulfide) groups is 1. The molecule has 16 heavy (non-hydrogen) atoms. The lowest BCUT2D eigenvalue weighted by Gasteiger charge is -2.11. The molecule has 4 heteroatoms. The van der Waals surface area contributed by atoms with Gasteiger partial charge < -0.3 is 0 Å². The van der Waals surface area contributed by atoms with Crippen LogP contribution >= 0.6 is 23.1 Å². The summed E-state index contributed by atoms with van der Waals surface area (Å²) in [7, 11) is 0. The Labute approximate surface area is 103 Å². The normalized spacial score (nSPS) is 15.3. The lowest BCUT2D eigenvalue weighted by atomic mass is 9.97. The minimum Gasteiger partial charge on any atom is -0.229 e. The van der Waals surface area contributed by atoms with E-state index < -0.39 is 0 Å². The van der Waals surface area contributed by atoms with E-state index in [0.717, 1.165) is 5.75 Å². The zero-order valence-corrected chi connectivity index (χ0v) is 11.0. The van der Waals surface area contributed by atoms with Gasteiger partial charge in [-0.1, -0.05) is 6.92 Å². The number of fused-ring (bicyclic) bond motifs is 3. The topological polar surface area (TPSA) is 25.8 Å². The fourth-order valence-corrected chi connectivity index (χ4v) is 4.36. The second kappa shape index (κ2) is 4.34. The highest BCUT2D eigenvalue weighted by atomic mass is 32.2. The molecule has 0 radical (unpaired) electrons. The van der Waals surface area contributed by atoms with E-state index in [0.29, 0.717) is 0 Å². The van der Waals surface area contributed by atoms with Crippen molar-refractivity contribution in [3.63, 3.8) is 0 Å². The highest BCUT2D eigenvalue weighted by Gasteiger charge is 2.19. The summed E-state index contributed by atoms with van der Waals surface area (Å²) in [5.74, 6) is 1.08. The molecule has 2 nitrogen and oxygen atoms in total. The van der Waals surface area contributed by atoms with Gasteiger partial charge in [0.05, 0.1) is 0 Å². The maximum Gasteiger partial charge on any atom is 0.128 e. The van der Waals surface area contributed by atoms with Gasteiger partial charge in [-0.05, 0) is 37.0 Å². The third-order valence-corrected chi connectivity index (χ3v) is 5.07. The van der Waals surface area contributed by atoms with Crippen molar-refractivity contribution >= 4 is 33.3 Å². The van der Waals surface area contributed by atoms with E-state index in [1.54, 1.807) is 16.8 Å². The molecule has 0 N–H and O–H groups in total. The SMILES string of the molecule is CCSc1ncnc2sc3c(c12)CCCC3. The maximum atomic E-state index is 4.44. The number of rotatable bonds is 2. The van der Waals surface area contributed by atoms with Crippen LogP contribution in [-0.4, -0.2) is 15.7 Å². The fourth-order valence-electron chi connectivity index (χ4n) is 2.31. The summed E-state index contributed by atoms with van der Waals surface area (Å²) in [5.41, 5.74) is 1.54. The minimum absolute atomic E-state index is 1.08. The van der Waals surface area contributed by atoms with Crippen LogP contribution in [0.5, 0.6) is 0 Å². The Morgan fingerprint density at radius 2 is 2.19 bits per heavy atom. The highest BCUT2D eigenvalue weighted by molar-refractivity contribution is 7.99. The molecule has 0 spiro atoms. The van der Waals surface area contributed by atoms with Crippen molar-refractivity contribution in [1.29, 1.82) is 0 Å². The van der Waals surface area contributed by atoms with Gasteiger partial charge in [-0.15, -0.1) is 23.1 Å². The van der Waals surface area contributed by atoms with Crippen LogP contribution in [-0.2, 0) is 12.8 Å². The summed E-state index contributed by atoms with van der Waals surface area (Å²) in [6.07, 6.45) is 6.84. The van der Waals surface area contributed by atoms with Gasteiger partial charge >= 0.3 is 0 Å². The van der Waals surface area contributed by atoms with Crippen LogP contribution in [0.3, 0.4) is 0 Å². The molecule has 3 rings (SSSR count). The van der Waals surface area contributed by atoms with Gasteiger partial charge in [0.15, 0.2) is 0 Å². The van der Waals surface area contributed by atoms with Crippen LogP contribution in [0.1, 0.15) is 30.2 Å². The van der Waals surface area contributed by atoms with E-state index in [2.05, 4.69) is 16.9 Å². The zero-order chi connectivity index (χ0) is 11.0. The molecule has 0 amide bonds. The van der Waals surface area contributed by atoms with E-state index >= 15 is 0 Å². The molecule has 0 aromatic carbocycles. The number of aromatic nitrogens is 2. The Kier molecular flexibility index (Phi) is 2.86. The molecule has 0 bridgehead atoms. The van der Waals surface area contributed by atoms with Crippen molar-refractivity contribution in [1.82, 2.24) is 9.97 Å². The monoisotopic (exact) mass is 250 g/mol. The molecule has 0 atom stereocenters. The summed E-state index contributed by atoms with van der Waals surface area (Å²) in [4.78, 5) is 11.6. The van der Waals surface area contributed by atoms with Crippen molar-refractivity contribution in [2.24, 2.45) is 0 Å². The molecule has 2 aromatic heterocycles. The van der Waals surface area contributed by atoms with Crippen molar-refractivity contribution in [2.75, 3.05) is 5.75 Å². The first-order valence-electron chi connectivity index (χ1n) is 5.78. The van der Waals surface area contributed by atoms with Gasteiger partial charge in [0.2, 0.25) is 0 Å². The lowest BCUT2D eigenvalue weighted by molar-refractivity contribution is 0.699. The molecule has 0 unspecified atom stereocenters. The predicted octanol–water partition coefficient (Wildman–Crippen LogP) is 3.68. The summed E-state index contributed by atoms with van der Waals surface area (Å²) >= 11 is 3.71. The fraction of sp³-hybridized carbons (Fsp3) is 0.500. The Balaban J connectivity index is 2.23. The van der Waals surface area contributed by atoms with Crippen molar-refractivity contribution in [3.8, 4) is 0 Å². The van der Waals surface area contributed by atoms with Crippen LogP contribution in [0.2, 0.25) is 0 Å². The Morgan fingerprint density at radius 1 is 1.31 bits per heavy atom. The van der Waals surface area contributed by atoms with Gasteiger partial charge in [0, 0.05) is 10.3 Å². The molecule has 1 aliphatic carbocycles. The number of aryl methyl sites for hydroxylation is 2. The summed E-state index contributed by atoms with van der Waals surface area (Å²) in [6, 6.07) is 0. The average Bonchev–Trinajstić information content (AvgIpc) is 2.68. The van der Waals surface area contributed by atoms with Crippen LogP contribution in [0.25, 0.3) is 10.2 Å². The Hall–Kier alpha value is -0.610. The van der Waals surface area contributed by atoms with Crippen LogP contribution in [0, 0.1) is 0 Å². The van der Waals surface area contributed by atoms with Gasteiger partial charge in [-0.25, -0.2) is 9.97 Å². The van der Waals surface area contributed by atoms with Crippen LogP contribution < -0.4 is 0 Å². The molecular formula is C12H14N2S2. The number of thiophene rings is 1. The van der Waals surface area contributed by atoms with Gasteiger partial charge in [0.25, 0.3) is 0 Å². The molecule has 2 heterocycles. The van der Waals surface area contributed by atoms with Gasteiger partial charge in [-0.3, -0.25) is 0 Å². The molecule has 84 valence electrons. The predicted molar refractivity (Wildman–Crippen MR) is 70.5 cm³/mol. The van der Waals surface area contributed by atoms with E-state index in [1.807, 2.05) is 23.1 Å². The standard InChI is InChI=1S/C12H14N2S2/c1-2-15-11-10-8-5-3-4-6-9(8)16-12(10)14-7-13-11/h7H,2-6H2,1H3. The molecule has 0 aliphatic heterocycles. The zero-order valence-electron chi connectivity index (χ0n) is 9.32. The molecular weight excluding hydrogens is 236 g/mol. The second-order valence-electron chi connectivity index (χ2n) is 4.00. The number of hydrogen-bond acceptors (Lipinski definition) is 4. The van der Waals surface area contributed by atoms with E-state index in [4.69, 9.17) is 0 Å². The number of hydrogen-bond donors (Lipinski definition) is 0. The summed E-state index contributed by atoms with van der Waals surface area (Å²) < 4.78 is 0. The number of nitrogens with zero attached hydrogens (tertiary/aromatic N) is 2. The highest BCUT2D eigenvalue weighted by Crippen LogP contribution is 2.38. The second-order valence-corrected chi connectivity index (χ2v) is 6.34. The van der Waals surface area contributed by atoms with Gasteiger partial charge in [-0.2, -0.15) is 0 Å². The first kappa shape index (κ1) is 10.5. The third kappa shape index (κ3) is 1.64. The summed E-state index contributed by atoms with van der Waals surface area (Å²) in [5, 5.41) is 2.54. The third-order valence-electron chi connectivity index (χ3n) is 3.00. The maximum absolute atomic E-state index is 4.44. The van der Waals surface area contributed by atoms with E-state index in [1.165, 1.54) is 40.9 Å². The van der Waals surface area contributed by atoms with Crippen LogP contribution in [0.15, 0.2) is 11.4 Å². The smallest absolute Gasteiger partial charge is 0.128 e. The average molecular weight is 250 g/mol. The molecule has 0 fully saturated rings. The van der Waals surface area contributed by atoms with E-state index in [-0.39, 0.29) is 0 Å². The van der Waals surface area contributed by atoms with Crippen molar-refractivity contribution in [2.45, 2.75) is 37.6 Å². The minimum atomic E-state index is 1.08. The molecule has 0 saturated heterocycles. The Bertz CT molecular complexity index is 519. The summed E-state index contributed by atoms with van der Waals surface area (Å²) in [6.45, 7) is 2.18. The molecule has 0 saturated carbocycles. The van der Waals surface area contributed by atoms with Crippen molar-refractivity contribution < 1.29 is 0 Å². The Morgan fingerprint density at radius 3 is 3.06 bits per heavy atom. The largest absolute Gasteiger partial charge is 0.229 e. The first-order valence-corrected chi connectivity index (χ1v) is 7.58. The van der Waals surface area contributed by atoms with Crippen LogP contribution in [0.4, 0.5) is 0 Å². The van der Waals surface area contributed by atoms with E-state index in [9.17, 15) is 0 Å². The first-order chi connectivity index (χ1) is 7.90. The molecule has 2 aromatic rings.